The second-order valence-corrected chi connectivity index (χ2v) is 4.05. The van der Waals surface area contributed by atoms with Crippen molar-refractivity contribution in [3.8, 4) is 0 Å². The number of rotatable bonds is 5. The summed E-state index contributed by atoms with van der Waals surface area (Å²) in [5.74, 6) is -0.491. The summed E-state index contributed by atoms with van der Waals surface area (Å²) in [5, 5.41) is 6.26. The maximum atomic E-state index is 11.0. The average Bonchev–Trinajstić information content (AvgIpc) is 2.40. The highest BCUT2D eigenvalue weighted by molar-refractivity contribution is 5.91. The Labute approximate surface area is 107 Å². The predicted molar refractivity (Wildman–Crippen MR) is 70.2 cm³/mol. The van der Waals surface area contributed by atoms with Crippen LogP contribution in [0.5, 0.6) is 0 Å². The van der Waals surface area contributed by atoms with E-state index in [1.807, 2.05) is 24.3 Å². The zero-order chi connectivity index (χ0) is 12.8. The minimum Gasteiger partial charge on any atom is -0.364 e. The van der Waals surface area contributed by atoms with Crippen LogP contribution in [0.4, 0.5) is 0 Å². The van der Waals surface area contributed by atoms with Crippen LogP contribution in [-0.4, -0.2) is 18.6 Å². The number of hydrogen-bond acceptors (Lipinski definition) is 3. The summed E-state index contributed by atoms with van der Waals surface area (Å²) in [7, 11) is 0. The first-order chi connectivity index (χ1) is 8.75. The third-order valence-corrected chi connectivity index (χ3v) is 2.68. The average molecular weight is 242 g/mol. The van der Waals surface area contributed by atoms with Crippen molar-refractivity contribution in [2.24, 2.45) is 5.73 Å². The Kier molecular flexibility index (Phi) is 4.15. The van der Waals surface area contributed by atoms with Crippen molar-refractivity contribution in [1.82, 2.24) is 10.6 Å². The highest BCUT2D eigenvalue weighted by atomic mass is 16.1. The molecular formula is C14H16N3O. The highest BCUT2D eigenvalue weighted by Gasteiger charge is 2.12. The molecule has 93 valence electrons. The number of nitrogens with one attached hydrogen (secondary N) is 2. The Hall–Kier alpha value is -2.07. The van der Waals surface area contributed by atoms with E-state index in [1.54, 1.807) is 6.08 Å². The van der Waals surface area contributed by atoms with Gasteiger partial charge in [-0.3, -0.25) is 10.1 Å². The van der Waals surface area contributed by atoms with Gasteiger partial charge in [-0.2, -0.15) is 0 Å². The van der Waals surface area contributed by atoms with Gasteiger partial charge in [-0.15, -0.1) is 0 Å². The van der Waals surface area contributed by atoms with Gasteiger partial charge in [0.15, 0.2) is 0 Å². The van der Waals surface area contributed by atoms with Gasteiger partial charge in [0.05, 0.1) is 6.17 Å². The first kappa shape index (κ1) is 12.4. The Balaban J connectivity index is 1.77. The van der Waals surface area contributed by atoms with Crippen molar-refractivity contribution in [3.63, 3.8) is 0 Å². The molecule has 0 aliphatic carbocycles. The zero-order valence-corrected chi connectivity index (χ0v) is 10.0. The van der Waals surface area contributed by atoms with E-state index in [1.165, 1.54) is 5.56 Å². The van der Waals surface area contributed by atoms with Crippen molar-refractivity contribution in [3.05, 3.63) is 59.8 Å². The smallest absolute Gasteiger partial charge is 0.265 e. The fourth-order valence-electron chi connectivity index (χ4n) is 1.75. The van der Waals surface area contributed by atoms with E-state index in [9.17, 15) is 4.79 Å². The molecule has 1 amide bonds. The molecule has 0 unspecified atom stereocenters. The fraction of sp³-hybridized carbons (Fsp3) is 0.214. The van der Waals surface area contributed by atoms with Crippen LogP contribution in [-0.2, 0) is 11.2 Å². The SMILES string of the molecule is NC(=O)C1=[C]C=C[C@H](NCCc2ccccc2)N1. The number of amides is 1. The molecule has 0 fully saturated rings. The topological polar surface area (TPSA) is 67.2 Å². The summed E-state index contributed by atoms with van der Waals surface area (Å²) >= 11 is 0. The normalized spacial score (nSPS) is 18.0. The molecule has 18 heavy (non-hydrogen) atoms. The highest BCUT2D eigenvalue weighted by Crippen LogP contribution is 2.01. The zero-order valence-electron chi connectivity index (χ0n) is 10.0. The van der Waals surface area contributed by atoms with Crippen LogP contribution in [0.15, 0.2) is 48.2 Å². The lowest BCUT2D eigenvalue weighted by atomic mass is 10.1. The predicted octanol–water partition coefficient (Wildman–Crippen LogP) is 0.477. The Bertz CT molecular complexity index is 465. The standard InChI is InChI=1S/C14H16N3O/c15-14(18)12-7-4-8-13(17-12)16-10-9-11-5-2-1-3-6-11/h1-6,8,13,16-17H,9-10H2,(H2,15,18)/t13-/m1/s1. The molecule has 2 rings (SSSR count). The molecule has 4 heteroatoms. The summed E-state index contributed by atoms with van der Waals surface area (Å²) in [6.45, 7) is 0.818. The first-order valence-electron chi connectivity index (χ1n) is 5.89. The molecule has 4 nitrogen and oxygen atoms in total. The number of carbonyl (C=O) groups is 1. The van der Waals surface area contributed by atoms with Crippen molar-refractivity contribution >= 4 is 5.91 Å². The molecule has 1 heterocycles. The third kappa shape index (κ3) is 3.46. The van der Waals surface area contributed by atoms with Crippen molar-refractivity contribution in [2.45, 2.75) is 12.6 Å². The van der Waals surface area contributed by atoms with E-state index in [0.29, 0.717) is 5.70 Å². The molecule has 0 spiro atoms. The van der Waals surface area contributed by atoms with Crippen LogP contribution in [0.25, 0.3) is 0 Å². The largest absolute Gasteiger partial charge is 0.364 e. The van der Waals surface area contributed by atoms with E-state index in [0.717, 1.165) is 13.0 Å². The number of allylic oxidation sites excluding steroid dienone is 2. The Morgan fingerprint density at radius 1 is 1.39 bits per heavy atom. The lowest BCUT2D eigenvalue weighted by molar-refractivity contribution is -0.115. The fourth-order valence-corrected chi connectivity index (χ4v) is 1.75. The van der Waals surface area contributed by atoms with Crippen LogP contribution in [0.1, 0.15) is 5.56 Å². The molecule has 1 aliphatic heterocycles. The van der Waals surface area contributed by atoms with Gasteiger partial charge in [0.25, 0.3) is 5.91 Å². The van der Waals surface area contributed by atoms with Gasteiger partial charge in [-0.1, -0.05) is 36.4 Å². The van der Waals surface area contributed by atoms with Gasteiger partial charge in [0.2, 0.25) is 0 Å². The summed E-state index contributed by atoms with van der Waals surface area (Å²) in [6, 6.07) is 10.2. The van der Waals surface area contributed by atoms with Crippen molar-refractivity contribution in [2.75, 3.05) is 6.54 Å². The number of hydrogen-bond donors (Lipinski definition) is 3. The van der Waals surface area contributed by atoms with Gasteiger partial charge in [0.1, 0.15) is 5.70 Å². The minimum atomic E-state index is -0.491. The van der Waals surface area contributed by atoms with Crippen molar-refractivity contribution in [1.29, 1.82) is 0 Å². The molecule has 0 saturated carbocycles. The van der Waals surface area contributed by atoms with E-state index < -0.39 is 5.91 Å². The second kappa shape index (κ2) is 6.02. The summed E-state index contributed by atoms with van der Waals surface area (Å²) in [6.07, 6.45) is 7.24. The second-order valence-electron chi connectivity index (χ2n) is 4.05. The van der Waals surface area contributed by atoms with Gasteiger partial charge in [-0.25, -0.2) is 0 Å². The Morgan fingerprint density at radius 3 is 2.89 bits per heavy atom. The minimum absolute atomic E-state index is 0.0718. The van der Waals surface area contributed by atoms with Crippen LogP contribution < -0.4 is 16.4 Å². The molecule has 1 atom stereocenters. The van der Waals surface area contributed by atoms with Crippen LogP contribution in [0.2, 0.25) is 0 Å². The van der Waals surface area contributed by atoms with E-state index in [-0.39, 0.29) is 6.17 Å². The summed E-state index contributed by atoms with van der Waals surface area (Å²) in [4.78, 5) is 11.0. The number of dihydropyridines is 1. The molecule has 1 aromatic carbocycles. The molecule has 0 aromatic heterocycles. The van der Waals surface area contributed by atoms with E-state index >= 15 is 0 Å². The summed E-state index contributed by atoms with van der Waals surface area (Å²) in [5.41, 5.74) is 6.78. The maximum Gasteiger partial charge on any atom is 0.265 e. The van der Waals surface area contributed by atoms with E-state index in [4.69, 9.17) is 5.73 Å². The van der Waals surface area contributed by atoms with Gasteiger partial charge < -0.3 is 11.1 Å². The van der Waals surface area contributed by atoms with Crippen molar-refractivity contribution < 1.29 is 4.79 Å². The lowest BCUT2D eigenvalue weighted by Crippen LogP contribution is -2.45. The summed E-state index contributed by atoms with van der Waals surface area (Å²) < 4.78 is 0. The molecule has 0 saturated heterocycles. The number of carbonyl (C=O) groups excluding carboxylic acids is 1. The van der Waals surface area contributed by atoms with Gasteiger partial charge >= 0.3 is 0 Å². The molecule has 1 radical (unpaired) electrons. The number of primary amides is 1. The van der Waals surface area contributed by atoms with Crippen LogP contribution in [0.3, 0.4) is 0 Å². The molecule has 4 N–H and O–H groups in total. The molecule has 1 aliphatic rings. The van der Waals surface area contributed by atoms with Crippen LogP contribution >= 0.6 is 0 Å². The van der Waals surface area contributed by atoms with E-state index in [2.05, 4.69) is 28.8 Å². The molecular weight excluding hydrogens is 226 g/mol. The maximum absolute atomic E-state index is 11.0. The quantitative estimate of drug-likeness (QED) is 0.703. The number of benzene rings is 1. The number of nitrogens with two attached hydrogens (primary N) is 1. The molecule has 0 bridgehead atoms. The van der Waals surface area contributed by atoms with Gasteiger partial charge in [-0.05, 0) is 18.1 Å². The molecule has 1 aromatic rings. The van der Waals surface area contributed by atoms with Gasteiger partial charge in [0, 0.05) is 12.6 Å². The monoisotopic (exact) mass is 242 g/mol. The van der Waals surface area contributed by atoms with Crippen LogP contribution in [0, 0.1) is 6.08 Å². The third-order valence-electron chi connectivity index (χ3n) is 2.68. The lowest BCUT2D eigenvalue weighted by Gasteiger charge is -2.20. The Morgan fingerprint density at radius 2 is 2.17 bits per heavy atom. The first-order valence-corrected chi connectivity index (χ1v) is 5.89.